The zero-order valence-electron chi connectivity index (χ0n) is 15.6. The summed E-state index contributed by atoms with van der Waals surface area (Å²) in [5, 5.41) is 7.28. The van der Waals surface area contributed by atoms with Crippen LogP contribution in [0.25, 0.3) is 0 Å². The predicted molar refractivity (Wildman–Crippen MR) is 107 cm³/mol. The van der Waals surface area contributed by atoms with Gasteiger partial charge < -0.3 is 5.32 Å². The summed E-state index contributed by atoms with van der Waals surface area (Å²) in [5.74, 6) is -0.189. The number of carbonyl (C=O) groups excluding carboxylic acids is 1. The molecule has 6 nitrogen and oxygen atoms in total. The number of rotatable bonds is 6. The number of pyridine rings is 1. The van der Waals surface area contributed by atoms with Crippen LogP contribution in [0.1, 0.15) is 35.7 Å². The Bertz CT molecular complexity index is 873. The first-order valence-electron chi connectivity index (χ1n) is 9.02. The number of hydrogen-bond donors (Lipinski definition) is 1. The third kappa shape index (κ3) is 5.15. The summed E-state index contributed by atoms with van der Waals surface area (Å²) in [4.78, 5) is 17.4. The van der Waals surface area contributed by atoms with Gasteiger partial charge in [-0.3, -0.25) is 9.78 Å². The lowest BCUT2D eigenvalue weighted by molar-refractivity contribution is -0.126. The highest BCUT2D eigenvalue weighted by molar-refractivity contribution is 7.88. The topological polar surface area (TPSA) is 79.4 Å². The van der Waals surface area contributed by atoms with Crippen molar-refractivity contribution >= 4 is 27.3 Å². The smallest absolute Gasteiger partial charge is 0.223 e. The minimum absolute atomic E-state index is 0.0200. The standard InChI is InChI=1S/C19H25N3O3S2/c1-14-4-3-8-20-18(14)17(12-15-7-11-26-13-15)21-19(23)16-5-9-22(10-6-16)27(2,24)25/h3-4,7-8,11,13,16-17H,5-6,9-10,12H2,1-2H3,(H,21,23). The lowest BCUT2D eigenvalue weighted by Gasteiger charge is -2.30. The molecule has 1 amide bonds. The molecule has 0 spiro atoms. The number of nitrogens with zero attached hydrogens (tertiary/aromatic N) is 2. The highest BCUT2D eigenvalue weighted by Crippen LogP contribution is 2.24. The van der Waals surface area contributed by atoms with Gasteiger partial charge in [-0.25, -0.2) is 12.7 Å². The Labute approximate surface area is 164 Å². The van der Waals surface area contributed by atoms with Gasteiger partial charge in [-0.1, -0.05) is 6.07 Å². The van der Waals surface area contributed by atoms with Gasteiger partial charge in [0, 0.05) is 25.2 Å². The average molecular weight is 408 g/mol. The van der Waals surface area contributed by atoms with Gasteiger partial charge in [0.25, 0.3) is 0 Å². The van der Waals surface area contributed by atoms with Crippen LogP contribution in [0.3, 0.4) is 0 Å². The molecule has 1 aliphatic rings. The zero-order valence-corrected chi connectivity index (χ0v) is 17.2. The molecule has 1 fully saturated rings. The molecule has 1 N–H and O–H groups in total. The Balaban J connectivity index is 1.71. The fraction of sp³-hybridized carbons (Fsp3) is 0.474. The van der Waals surface area contributed by atoms with E-state index in [4.69, 9.17) is 0 Å². The third-order valence-electron chi connectivity index (χ3n) is 5.01. The summed E-state index contributed by atoms with van der Waals surface area (Å²) in [6.45, 7) is 2.79. The van der Waals surface area contributed by atoms with Crippen LogP contribution in [0.15, 0.2) is 35.2 Å². The van der Waals surface area contributed by atoms with Crippen molar-refractivity contribution in [1.29, 1.82) is 0 Å². The Morgan fingerprint density at radius 1 is 1.37 bits per heavy atom. The lowest BCUT2D eigenvalue weighted by Crippen LogP contribution is -2.43. The molecule has 27 heavy (non-hydrogen) atoms. The molecule has 0 bridgehead atoms. The van der Waals surface area contributed by atoms with E-state index >= 15 is 0 Å². The third-order valence-corrected chi connectivity index (χ3v) is 7.05. The van der Waals surface area contributed by atoms with Gasteiger partial charge in [0.05, 0.1) is 18.0 Å². The highest BCUT2D eigenvalue weighted by Gasteiger charge is 2.30. The van der Waals surface area contributed by atoms with Gasteiger partial charge in [-0.2, -0.15) is 11.3 Å². The van der Waals surface area contributed by atoms with Crippen molar-refractivity contribution < 1.29 is 13.2 Å². The van der Waals surface area contributed by atoms with E-state index in [2.05, 4.69) is 21.7 Å². The van der Waals surface area contributed by atoms with Crippen LogP contribution in [0.5, 0.6) is 0 Å². The van der Waals surface area contributed by atoms with Crippen LogP contribution < -0.4 is 5.32 Å². The second-order valence-electron chi connectivity index (χ2n) is 7.04. The molecular formula is C19H25N3O3S2. The average Bonchev–Trinajstić information content (AvgIpc) is 3.14. The summed E-state index contributed by atoms with van der Waals surface area (Å²) in [6, 6.07) is 5.76. The number of aromatic nitrogens is 1. The zero-order chi connectivity index (χ0) is 19.4. The highest BCUT2D eigenvalue weighted by atomic mass is 32.2. The van der Waals surface area contributed by atoms with E-state index in [1.807, 2.05) is 24.4 Å². The van der Waals surface area contributed by atoms with Crippen molar-refractivity contribution in [2.75, 3.05) is 19.3 Å². The fourth-order valence-corrected chi connectivity index (χ4v) is 5.02. The van der Waals surface area contributed by atoms with Crippen LogP contribution in [-0.2, 0) is 21.2 Å². The Morgan fingerprint density at radius 3 is 2.70 bits per heavy atom. The number of aryl methyl sites for hydroxylation is 1. The second kappa shape index (κ2) is 8.50. The molecule has 2 aromatic rings. The van der Waals surface area contributed by atoms with E-state index in [0.29, 0.717) is 32.4 Å². The van der Waals surface area contributed by atoms with Gasteiger partial charge in [0.15, 0.2) is 0 Å². The largest absolute Gasteiger partial charge is 0.347 e. The summed E-state index contributed by atoms with van der Waals surface area (Å²) in [5.41, 5.74) is 3.10. The van der Waals surface area contributed by atoms with Crippen molar-refractivity contribution in [3.63, 3.8) is 0 Å². The number of piperidine rings is 1. The van der Waals surface area contributed by atoms with Crippen molar-refractivity contribution in [2.45, 2.75) is 32.2 Å². The quantitative estimate of drug-likeness (QED) is 0.798. The summed E-state index contributed by atoms with van der Waals surface area (Å²) >= 11 is 1.63. The van der Waals surface area contributed by atoms with Crippen molar-refractivity contribution in [2.24, 2.45) is 5.92 Å². The van der Waals surface area contributed by atoms with E-state index in [0.717, 1.165) is 11.3 Å². The molecule has 3 rings (SSSR count). The Morgan fingerprint density at radius 2 is 2.11 bits per heavy atom. The van der Waals surface area contributed by atoms with Crippen LogP contribution in [0, 0.1) is 12.8 Å². The van der Waals surface area contributed by atoms with Crippen LogP contribution >= 0.6 is 11.3 Å². The van der Waals surface area contributed by atoms with Crippen molar-refractivity contribution in [3.8, 4) is 0 Å². The minimum atomic E-state index is -3.19. The number of sulfonamides is 1. The SMILES string of the molecule is Cc1cccnc1C(Cc1ccsc1)NC(=O)C1CCN(S(C)(=O)=O)CC1. The molecule has 0 aromatic carbocycles. The fourth-order valence-electron chi connectivity index (χ4n) is 3.46. The second-order valence-corrected chi connectivity index (χ2v) is 9.80. The summed E-state index contributed by atoms with van der Waals surface area (Å²) in [7, 11) is -3.19. The summed E-state index contributed by atoms with van der Waals surface area (Å²) < 4.78 is 24.8. The molecule has 2 aromatic heterocycles. The number of hydrogen-bond acceptors (Lipinski definition) is 5. The molecular weight excluding hydrogens is 382 g/mol. The van der Waals surface area contributed by atoms with E-state index in [1.165, 1.54) is 16.1 Å². The van der Waals surface area contributed by atoms with Gasteiger partial charge >= 0.3 is 0 Å². The van der Waals surface area contributed by atoms with Gasteiger partial charge in [-0.15, -0.1) is 0 Å². The first-order chi connectivity index (χ1) is 12.8. The summed E-state index contributed by atoms with van der Waals surface area (Å²) in [6.07, 6.45) is 4.75. The van der Waals surface area contributed by atoms with Crippen molar-refractivity contribution in [1.82, 2.24) is 14.6 Å². The number of amides is 1. The van der Waals surface area contributed by atoms with Crippen LogP contribution in [0.2, 0.25) is 0 Å². The molecule has 1 saturated heterocycles. The number of nitrogens with one attached hydrogen (secondary N) is 1. The Hall–Kier alpha value is -1.77. The molecule has 146 valence electrons. The molecule has 0 aliphatic carbocycles. The normalized spacial score (nSPS) is 17.6. The lowest BCUT2D eigenvalue weighted by atomic mass is 9.95. The van der Waals surface area contributed by atoms with Gasteiger partial charge in [0.2, 0.25) is 15.9 Å². The molecule has 1 unspecified atom stereocenters. The molecule has 8 heteroatoms. The van der Waals surface area contributed by atoms with Crippen molar-refractivity contribution in [3.05, 3.63) is 52.0 Å². The molecule has 1 atom stereocenters. The minimum Gasteiger partial charge on any atom is -0.347 e. The molecule has 3 heterocycles. The predicted octanol–water partition coefficient (Wildman–Crippen LogP) is 2.52. The first-order valence-corrected chi connectivity index (χ1v) is 11.8. The molecule has 1 aliphatic heterocycles. The monoisotopic (exact) mass is 407 g/mol. The van der Waals surface area contributed by atoms with Gasteiger partial charge in [0.1, 0.15) is 0 Å². The first kappa shape index (κ1) is 20.0. The van der Waals surface area contributed by atoms with E-state index < -0.39 is 10.0 Å². The molecule has 0 saturated carbocycles. The maximum atomic E-state index is 12.9. The van der Waals surface area contributed by atoms with Crippen LogP contribution in [-0.4, -0.2) is 43.0 Å². The number of thiophene rings is 1. The molecule has 0 radical (unpaired) electrons. The maximum Gasteiger partial charge on any atom is 0.223 e. The van der Waals surface area contributed by atoms with E-state index in [9.17, 15) is 13.2 Å². The maximum absolute atomic E-state index is 12.9. The van der Waals surface area contributed by atoms with Gasteiger partial charge in [-0.05, 0) is 60.2 Å². The number of carbonyl (C=O) groups is 1. The van der Waals surface area contributed by atoms with E-state index in [-0.39, 0.29) is 17.9 Å². The Kier molecular flexibility index (Phi) is 6.29. The van der Waals surface area contributed by atoms with E-state index in [1.54, 1.807) is 17.5 Å². The van der Waals surface area contributed by atoms with Crippen LogP contribution in [0.4, 0.5) is 0 Å².